The Morgan fingerprint density at radius 2 is 1.53 bits per heavy atom. The summed E-state index contributed by atoms with van der Waals surface area (Å²) in [4.78, 5) is 25.2. The average molecular weight is 426 g/mol. The SMILES string of the molecule is COc1cccc(Oc2ccccc2NC(=O)CNC(=O)c2cccc3ccccc23)c1. The highest BCUT2D eigenvalue weighted by molar-refractivity contribution is 6.08. The van der Waals surface area contributed by atoms with Gasteiger partial charge < -0.3 is 20.1 Å². The molecule has 0 spiro atoms. The van der Waals surface area contributed by atoms with Crippen LogP contribution in [0.1, 0.15) is 10.4 Å². The van der Waals surface area contributed by atoms with Crippen molar-refractivity contribution in [2.45, 2.75) is 0 Å². The summed E-state index contributed by atoms with van der Waals surface area (Å²) in [7, 11) is 1.58. The molecular formula is C26H22N2O4. The van der Waals surface area contributed by atoms with Gasteiger partial charge in [0.05, 0.1) is 19.3 Å². The molecule has 2 N–H and O–H groups in total. The molecule has 0 fully saturated rings. The van der Waals surface area contributed by atoms with E-state index in [0.717, 1.165) is 10.8 Å². The molecule has 6 nitrogen and oxygen atoms in total. The lowest BCUT2D eigenvalue weighted by atomic mass is 10.0. The minimum Gasteiger partial charge on any atom is -0.497 e. The predicted octanol–water partition coefficient (Wildman–Crippen LogP) is 5.01. The Balaban J connectivity index is 1.42. The number of anilines is 1. The number of amides is 2. The molecule has 0 aliphatic heterocycles. The van der Waals surface area contributed by atoms with Crippen LogP contribution in [0, 0.1) is 0 Å². The lowest BCUT2D eigenvalue weighted by Crippen LogP contribution is -2.33. The van der Waals surface area contributed by atoms with Gasteiger partial charge in [0.15, 0.2) is 5.75 Å². The van der Waals surface area contributed by atoms with E-state index in [1.54, 1.807) is 43.5 Å². The first-order valence-corrected chi connectivity index (χ1v) is 10.1. The van der Waals surface area contributed by atoms with Crippen LogP contribution in [0.4, 0.5) is 5.69 Å². The van der Waals surface area contributed by atoms with Crippen LogP contribution in [-0.4, -0.2) is 25.5 Å². The number of ether oxygens (including phenoxy) is 2. The average Bonchev–Trinajstić information content (AvgIpc) is 2.83. The number of methoxy groups -OCH3 is 1. The summed E-state index contributed by atoms with van der Waals surface area (Å²) in [6.45, 7) is -0.171. The van der Waals surface area contributed by atoms with Gasteiger partial charge in [-0.2, -0.15) is 0 Å². The molecule has 0 saturated carbocycles. The number of carbonyl (C=O) groups excluding carboxylic acids is 2. The number of nitrogens with one attached hydrogen (secondary N) is 2. The first kappa shape index (κ1) is 20.9. The molecule has 0 unspecified atom stereocenters. The standard InChI is InChI=1S/C26H22N2O4/c1-31-19-10-7-11-20(16-19)32-24-15-5-4-14-23(24)28-25(29)17-27-26(30)22-13-6-9-18-8-2-3-12-21(18)22/h2-16H,17H2,1H3,(H,27,30)(H,28,29). The number of benzene rings is 4. The monoisotopic (exact) mass is 426 g/mol. The molecule has 0 bridgehead atoms. The van der Waals surface area contributed by atoms with Crippen molar-refractivity contribution in [2.75, 3.05) is 19.0 Å². The zero-order valence-electron chi connectivity index (χ0n) is 17.5. The molecule has 0 aliphatic carbocycles. The van der Waals surface area contributed by atoms with Crippen molar-refractivity contribution in [3.8, 4) is 17.2 Å². The zero-order valence-corrected chi connectivity index (χ0v) is 17.5. The highest BCUT2D eigenvalue weighted by Gasteiger charge is 2.13. The minimum atomic E-state index is -0.361. The Hall–Kier alpha value is -4.32. The molecule has 2 amide bonds. The van der Waals surface area contributed by atoms with Gasteiger partial charge in [-0.05, 0) is 41.1 Å². The smallest absolute Gasteiger partial charge is 0.252 e. The molecular weight excluding hydrogens is 404 g/mol. The lowest BCUT2D eigenvalue weighted by Gasteiger charge is -2.13. The predicted molar refractivity (Wildman–Crippen MR) is 124 cm³/mol. The van der Waals surface area contributed by atoms with Crippen LogP contribution in [0.5, 0.6) is 17.2 Å². The van der Waals surface area contributed by atoms with E-state index in [1.807, 2.05) is 54.6 Å². The maximum Gasteiger partial charge on any atom is 0.252 e. The van der Waals surface area contributed by atoms with Gasteiger partial charge in [-0.25, -0.2) is 0 Å². The fraction of sp³-hybridized carbons (Fsp3) is 0.0769. The summed E-state index contributed by atoms with van der Waals surface area (Å²) in [6, 6.07) is 27.4. The number of hydrogen-bond donors (Lipinski definition) is 2. The first-order valence-electron chi connectivity index (χ1n) is 10.1. The van der Waals surface area contributed by atoms with E-state index >= 15 is 0 Å². The van der Waals surface area contributed by atoms with Crippen molar-refractivity contribution in [3.63, 3.8) is 0 Å². The summed E-state index contributed by atoms with van der Waals surface area (Å²) >= 11 is 0. The van der Waals surface area contributed by atoms with Crippen molar-refractivity contribution in [3.05, 3.63) is 96.6 Å². The molecule has 0 heterocycles. The van der Waals surface area contributed by atoms with Gasteiger partial charge in [0.25, 0.3) is 5.91 Å². The van der Waals surface area contributed by atoms with Crippen molar-refractivity contribution < 1.29 is 19.1 Å². The second kappa shape index (κ2) is 9.66. The van der Waals surface area contributed by atoms with Gasteiger partial charge in [0, 0.05) is 11.6 Å². The van der Waals surface area contributed by atoms with Crippen LogP contribution in [0.25, 0.3) is 10.8 Å². The summed E-state index contributed by atoms with van der Waals surface area (Å²) < 4.78 is 11.1. The Morgan fingerprint density at radius 3 is 2.41 bits per heavy atom. The van der Waals surface area contributed by atoms with Gasteiger partial charge in [0.2, 0.25) is 5.91 Å². The van der Waals surface area contributed by atoms with Crippen LogP contribution in [0.3, 0.4) is 0 Å². The van der Waals surface area contributed by atoms with Crippen molar-refractivity contribution >= 4 is 28.3 Å². The highest BCUT2D eigenvalue weighted by atomic mass is 16.5. The van der Waals surface area contributed by atoms with Gasteiger partial charge in [-0.15, -0.1) is 0 Å². The fourth-order valence-electron chi connectivity index (χ4n) is 3.32. The van der Waals surface area contributed by atoms with Crippen molar-refractivity contribution in [1.29, 1.82) is 0 Å². The summed E-state index contributed by atoms with van der Waals surface area (Å²) in [5.74, 6) is 1.06. The summed E-state index contributed by atoms with van der Waals surface area (Å²) in [6.07, 6.45) is 0. The summed E-state index contributed by atoms with van der Waals surface area (Å²) in [5.41, 5.74) is 1.03. The van der Waals surface area contributed by atoms with Gasteiger partial charge in [0.1, 0.15) is 11.5 Å². The topological polar surface area (TPSA) is 76.7 Å². The molecule has 0 aliphatic rings. The lowest BCUT2D eigenvalue weighted by molar-refractivity contribution is -0.115. The molecule has 160 valence electrons. The molecule has 32 heavy (non-hydrogen) atoms. The molecule has 4 rings (SSSR count). The molecule has 4 aromatic rings. The number of fused-ring (bicyclic) bond motifs is 1. The molecule has 4 aromatic carbocycles. The van der Waals surface area contributed by atoms with E-state index in [1.165, 1.54) is 0 Å². The van der Waals surface area contributed by atoms with Crippen LogP contribution < -0.4 is 20.1 Å². The Bertz CT molecular complexity index is 1260. The number of carbonyl (C=O) groups is 2. The van der Waals surface area contributed by atoms with E-state index < -0.39 is 0 Å². The zero-order chi connectivity index (χ0) is 22.3. The second-order valence-corrected chi connectivity index (χ2v) is 7.03. The molecule has 0 saturated heterocycles. The van der Waals surface area contributed by atoms with E-state index in [2.05, 4.69) is 10.6 Å². The maximum atomic E-state index is 12.7. The molecule has 0 aromatic heterocycles. The molecule has 6 heteroatoms. The number of para-hydroxylation sites is 2. The second-order valence-electron chi connectivity index (χ2n) is 7.03. The Kier molecular flexibility index (Phi) is 6.32. The normalized spacial score (nSPS) is 10.4. The van der Waals surface area contributed by atoms with E-state index in [9.17, 15) is 9.59 Å². The van der Waals surface area contributed by atoms with E-state index in [0.29, 0.717) is 28.5 Å². The van der Waals surface area contributed by atoms with Gasteiger partial charge in [-0.3, -0.25) is 9.59 Å². The fourth-order valence-corrected chi connectivity index (χ4v) is 3.32. The van der Waals surface area contributed by atoms with Gasteiger partial charge in [-0.1, -0.05) is 54.6 Å². The molecule has 0 radical (unpaired) electrons. The van der Waals surface area contributed by atoms with Crippen LogP contribution in [0.2, 0.25) is 0 Å². The van der Waals surface area contributed by atoms with Crippen LogP contribution in [0.15, 0.2) is 91.0 Å². The van der Waals surface area contributed by atoms with Crippen molar-refractivity contribution in [2.24, 2.45) is 0 Å². The van der Waals surface area contributed by atoms with Gasteiger partial charge >= 0.3 is 0 Å². The third-order valence-corrected chi connectivity index (χ3v) is 4.87. The molecule has 0 atom stereocenters. The maximum absolute atomic E-state index is 12.7. The quantitative estimate of drug-likeness (QED) is 0.436. The Labute approximate surface area is 185 Å². The van der Waals surface area contributed by atoms with E-state index in [-0.39, 0.29) is 18.4 Å². The minimum absolute atomic E-state index is 0.171. The highest BCUT2D eigenvalue weighted by Crippen LogP contribution is 2.30. The largest absolute Gasteiger partial charge is 0.497 e. The number of rotatable bonds is 7. The van der Waals surface area contributed by atoms with E-state index in [4.69, 9.17) is 9.47 Å². The van der Waals surface area contributed by atoms with Crippen LogP contribution in [-0.2, 0) is 4.79 Å². The Morgan fingerprint density at radius 1 is 0.812 bits per heavy atom. The third-order valence-electron chi connectivity index (χ3n) is 4.87. The summed E-state index contributed by atoms with van der Waals surface area (Å²) in [5, 5.41) is 7.28. The number of hydrogen-bond acceptors (Lipinski definition) is 4. The third kappa shape index (κ3) is 4.87. The first-order chi connectivity index (χ1) is 15.6. The van der Waals surface area contributed by atoms with Crippen molar-refractivity contribution in [1.82, 2.24) is 5.32 Å². The van der Waals surface area contributed by atoms with Crippen LogP contribution >= 0.6 is 0 Å².